The Kier molecular flexibility index (Phi) is 15.7. The second-order valence-corrected chi connectivity index (χ2v) is 16.3. The van der Waals surface area contributed by atoms with Crippen molar-refractivity contribution in [2.45, 2.75) is 144 Å². The quantitative estimate of drug-likeness (QED) is 0.102. The summed E-state index contributed by atoms with van der Waals surface area (Å²) < 4.78 is 28.6. The third-order valence-electron chi connectivity index (χ3n) is 7.50. The minimum absolute atomic E-state index is 0.0322. The summed E-state index contributed by atoms with van der Waals surface area (Å²) in [6.45, 7) is 21.6. The standard InChI is InChI=1S/C41H61N5O8/c1-12-14-24-50-30-19-15-28(16-20-30)25-32(43-38(49)53-41(9,10)11)35-44-34(54-45-35)27-46(23-13-2)37(48)42-33(36(47)52-40(6,7)8)26-29-17-21-31(22-18-29)51-39(3,4)5/h15-22,32-33H,12-14,23-27H2,1-11H3,(H,42,48)(H,43,49). The van der Waals surface area contributed by atoms with Gasteiger partial charge in [-0.05, 0) is 111 Å². The van der Waals surface area contributed by atoms with Gasteiger partial charge in [-0.25, -0.2) is 14.4 Å². The third kappa shape index (κ3) is 16.1. The number of amides is 3. The van der Waals surface area contributed by atoms with Crippen molar-refractivity contribution in [1.29, 1.82) is 0 Å². The number of alkyl carbamates (subject to hydrolysis) is 1. The van der Waals surface area contributed by atoms with Crippen LogP contribution in [0.2, 0.25) is 0 Å². The second-order valence-electron chi connectivity index (χ2n) is 16.3. The topological polar surface area (TPSA) is 154 Å². The number of carbonyl (C=O) groups excluding carboxylic acids is 3. The fraction of sp³-hybridized carbons (Fsp3) is 0.585. The Balaban J connectivity index is 1.80. The number of nitrogens with zero attached hydrogens (tertiary/aromatic N) is 3. The molecule has 0 spiro atoms. The molecular weight excluding hydrogens is 690 g/mol. The monoisotopic (exact) mass is 751 g/mol. The maximum atomic E-state index is 13.8. The lowest BCUT2D eigenvalue weighted by molar-refractivity contribution is -0.157. The summed E-state index contributed by atoms with van der Waals surface area (Å²) in [5.74, 6) is 1.29. The number of nitrogens with one attached hydrogen (secondary N) is 2. The predicted molar refractivity (Wildman–Crippen MR) is 206 cm³/mol. The number of rotatable bonds is 17. The molecule has 0 aliphatic rings. The lowest BCUT2D eigenvalue weighted by atomic mass is 10.0. The van der Waals surface area contributed by atoms with Crippen molar-refractivity contribution in [3.63, 3.8) is 0 Å². The Morgan fingerprint density at radius 3 is 1.91 bits per heavy atom. The van der Waals surface area contributed by atoms with Crippen LogP contribution in [-0.4, -0.2) is 69.1 Å². The van der Waals surface area contributed by atoms with Gasteiger partial charge in [0.1, 0.15) is 40.9 Å². The summed E-state index contributed by atoms with van der Waals surface area (Å²) in [7, 11) is 0. The molecule has 2 aromatic carbocycles. The van der Waals surface area contributed by atoms with Crippen LogP contribution in [0.1, 0.15) is 124 Å². The van der Waals surface area contributed by atoms with Crippen LogP contribution in [0.5, 0.6) is 11.5 Å². The predicted octanol–water partition coefficient (Wildman–Crippen LogP) is 8.11. The third-order valence-corrected chi connectivity index (χ3v) is 7.50. The first kappa shape index (κ1) is 43.6. The molecule has 1 aromatic heterocycles. The van der Waals surface area contributed by atoms with Crippen LogP contribution in [0, 0.1) is 0 Å². The molecule has 13 nitrogen and oxygen atoms in total. The molecule has 0 aliphatic heterocycles. The fourth-order valence-corrected chi connectivity index (χ4v) is 5.20. The van der Waals surface area contributed by atoms with Gasteiger partial charge in [-0.1, -0.05) is 49.7 Å². The van der Waals surface area contributed by atoms with Crippen LogP contribution < -0.4 is 20.1 Å². The molecule has 1 heterocycles. The van der Waals surface area contributed by atoms with Gasteiger partial charge < -0.3 is 39.0 Å². The Labute approximate surface area is 320 Å². The van der Waals surface area contributed by atoms with Crippen molar-refractivity contribution in [3.05, 3.63) is 71.4 Å². The fourth-order valence-electron chi connectivity index (χ4n) is 5.20. The first-order valence-corrected chi connectivity index (χ1v) is 18.8. The van der Waals surface area contributed by atoms with Gasteiger partial charge in [0.25, 0.3) is 0 Å². The molecule has 2 N–H and O–H groups in total. The lowest BCUT2D eigenvalue weighted by Crippen LogP contribution is -2.50. The molecule has 3 rings (SSSR count). The highest BCUT2D eigenvalue weighted by atomic mass is 16.6. The van der Waals surface area contributed by atoms with E-state index in [4.69, 9.17) is 23.5 Å². The molecular formula is C41H61N5O8. The van der Waals surface area contributed by atoms with Crippen LogP contribution in [0.4, 0.5) is 9.59 Å². The van der Waals surface area contributed by atoms with Crippen LogP contribution in [0.25, 0.3) is 0 Å². The van der Waals surface area contributed by atoms with E-state index in [0.29, 0.717) is 31.7 Å². The zero-order valence-corrected chi connectivity index (χ0v) is 34.0. The van der Waals surface area contributed by atoms with Crippen molar-refractivity contribution in [1.82, 2.24) is 25.7 Å². The molecule has 13 heteroatoms. The second kappa shape index (κ2) is 19.5. The van der Waals surface area contributed by atoms with E-state index in [9.17, 15) is 14.4 Å². The number of esters is 1. The number of urea groups is 1. The van der Waals surface area contributed by atoms with Crippen molar-refractivity contribution < 1.29 is 37.9 Å². The van der Waals surface area contributed by atoms with E-state index in [1.165, 1.54) is 4.90 Å². The number of benzene rings is 2. The number of carbonyl (C=O) groups is 3. The van der Waals surface area contributed by atoms with Gasteiger partial charge in [-0.2, -0.15) is 4.98 Å². The highest BCUT2D eigenvalue weighted by Gasteiger charge is 2.30. The summed E-state index contributed by atoms with van der Waals surface area (Å²) in [5.41, 5.74) is -0.118. The Morgan fingerprint density at radius 1 is 0.759 bits per heavy atom. The maximum Gasteiger partial charge on any atom is 0.408 e. The first-order valence-electron chi connectivity index (χ1n) is 18.8. The average Bonchev–Trinajstić information content (AvgIpc) is 3.52. The van der Waals surface area contributed by atoms with Gasteiger partial charge in [0.05, 0.1) is 12.6 Å². The van der Waals surface area contributed by atoms with E-state index in [-0.39, 0.29) is 30.3 Å². The summed E-state index contributed by atoms with van der Waals surface area (Å²) in [6.07, 6.45) is 2.54. The SMILES string of the molecule is CCCCOc1ccc(CC(NC(=O)OC(C)(C)C)c2noc(CN(CCC)C(=O)NC(Cc3ccc(OC(C)(C)C)cc3)C(=O)OC(C)(C)C)n2)cc1. The first-order chi connectivity index (χ1) is 25.2. The summed E-state index contributed by atoms with van der Waals surface area (Å²) >= 11 is 0. The minimum atomic E-state index is -0.977. The Hall–Kier alpha value is -4.81. The molecule has 298 valence electrons. The van der Waals surface area contributed by atoms with E-state index in [0.717, 1.165) is 29.7 Å². The van der Waals surface area contributed by atoms with Crippen molar-refractivity contribution in [2.24, 2.45) is 0 Å². The number of hydrogen-bond donors (Lipinski definition) is 2. The zero-order chi connectivity index (χ0) is 40.1. The number of ether oxygens (including phenoxy) is 4. The largest absolute Gasteiger partial charge is 0.494 e. The van der Waals surface area contributed by atoms with E-state index in [1.54, 1.807) is 41.5 Å². The molecule has 2 unspecified atom stereocenters. The lowest BCUT2D eigenvalue weighted by Gasteiger charge is -2.27. The molecule has 2 atom stereocenters. The highest BCUT2D eigenvalue weighted by Crippen LogP contribution is 2.22. The summed E-state index contributed by atoms with van der Waals surface area (Å²) in [5, 5.41) is 9.95. The molecule has 0 fully saturated rings. The smallest absolute Gasteiger partial charge is 0.408 e. The minimum Gasteiger partial charge on any atom is -0.494 e. The molecule has 3 aromatic rings. The molecule has 0 radical (unpaired) electrons. The van der Waals surface area contributed by atoms with E-state index in [2.05, 4.69) is 27.7 Å². The van der Waals surface area contributed by atoms with Gasteiger partial charge in [0, 0.05) is 19.4 Å². The number of hydrogen-bond acceptors (Lipinski definition) is 10. The van der Waals surface area contributed by atoms with Gasteiger partial charge >= 0.3 is 18.1 Å². The zero-order valence-electron chi connectivity index (χ0n) is 34.0. The maximum absolute atomic E-state index is 13.8. The molecule has 54 heavy (non-hydrogen) atoms. The molecule has 0 bridgehead atoms. The molecule has 0 saturated heterocycles. The van der Waals surface area contributed by atoms with E-state index in [1.807, 2.05) is 76.2 Å². The number of aromatic nitrogens is 2. The molecule has 0 saturated carbocycles. The van der Waals surface area contributed by atoms with Crippen LogP contribution in [-0.2, 0) is 33.7 Å². The highest BCUT2D eigenvalue weighted by molar-refractivity contribution is 5.84. The summed E-state index contributed by atoms with van der Waals surface area (Å²) in [6, 6.07) is 12.9. The van der Waals surface area contributed by atoms with Crippen molar-refractivity contribution >= 4 is 18.1 Å². The van der Waals surface area contributed by atoms with Gasteiger partial charge in [0.2, 0.25) is 5.89 Å². The Bertz CT molecular complexity index is 1620. The van der Waals surface area contributed by atoms with Crippen LogP contribution >= 0.6 is 0 Å². The van der Waals surface area contributed by atoms with E-state index < -0.39 is 41.4 Å². The van der Waals surface area contributed by atoms with Gasteiger partial charge in [-0.15, -0.1) is 0 Å². The van der Waals surface area contributed by atoms with Crippen molar-refractivity contribution in [2.75, 3.05) is 13.2 Å². The van der Waals surface area contributed by atoms with Gasteiger partial charge in [-0.3, -0.25) is 0 Å². The average molecular weight is 752 g/mol. The van der Waals surface area contributed by atoms with E-state index >= 15 is 0 Å². The van der Waals surface area contributed by atoms with Crippen LogP contribution in [0.15, 0.2) is 53.1 Å². The van der Waals surface area contributed by atoms with Crippen molar-refractivity contribution in [3.8, 4) is 11.5 Å². The molecule has 3 amide bonds. The Morgan fingerprint density at radius 2 is 1.35 bits per heavy atom. The molecule has 0 aliphatic carbocycles. The van der Waals surface area contributed by atoms with Crippen LogP contribution in [0.3, 0.4) is 0 Å². The van der Waals surface area contributed by atoms with Gasteiger partial charge in [0.15, 0.2) is 5.82 Å². The number of unbranched alkanes of at least 4 members (excludes halogenated alkanes) is 1. The normalized spacial score (nSPS) is 13.0. The summed E-state index contributed by atoms with van der Waals surface area (Å²) in [4.78, 5) is 46.2.